The Morgan fingerprint density at radius 3 is 1.65 bits per heavy atom. The molecule has 4 amide bonds. The zero-order valence-electron chi connectivity index (χ0n) is 20.3. The number of carbonyl (C=O) groups excluding carboxylic acids is 4. The second kappa shape index (κ2) is 15.5. The number of carbonyl (C=O) groups is 5. The predicted molar refractivity (Wildman–Crippen MR) is 129 cm³/mol. The third kappa shape index (κ3) is 11.7. The number of aliphatic hydroxyl groups is 1. The topological polar surface area (TPSA) is 200 Å². The molecule has 34 heavy (non-hydrogen) atoms. The first-order valence-electron chi connectivity index (χ1n) is 11.1. The van der Waals surface area contributed by atoms with Gasteiger partial charge in [0.15, 0.2) is 0 Å². The number of amides is 4. The third-order valence-corrected chi connectivity index (χ3v) is 5.13. The van der Waals surface area contributed by atoms with E-state index in [1.54, 1.807) is 13.8 Å². The minimum atomic E-state index is -1.44. The van der Waals surface area contributed by atoms with E-state index in [0.29, 0.717) is 6.42 Å². The fourth-order valence-electron chi connectivity index (χ4n) is 2.92. The lowest BCUT2D eigenvalue weighted by Gasteiger charge is -2.24. The Bertz CT molecular complexity index is 720. The molecule has 0 bridgehead atoms. The summed E-state index contributed by atoms with van der Waals surface area (Å²) in [5.41, 5.74) is 5.80. The van der Waals surface area contributed by atoms with Gasteiger partial charge in [0.05, 0.1) is 12.6 Å². The monoisotopic (exact) mass is 505 g/mol. The van der Waals surface area contributed by atoms with E-state index in [1.165, 1.54) is 6.92 Å². The number of rotatable bonds is 15. The zero-order valence-corrected chi connectivity index (χ0v) is 21.2. The molecule has 0 saturated carbocycles. The summed E-state index contributed by atoms with van der Waals surface area (Å²) >= 11 is 4.04. The second-order valence-electron chi connectivity index (χ2n) is 8.98. The summed E-state index contributed by atoms with van der Waals surface area (Å²) in [7, 11) is 0. The van der Waals surface area contributed by atoms with Crippen LogP contribution in [-0.4, -0.2) is 82.4 Å². The maximum Gasteiger partial charge on any atom is 0.326 e. The Morgan fingerprint density at radius 1 is 0.735 bits per heavy atom. The minimum absolute atomic E-state index is 0.0188. The predicted octanol–water partition coefficient (Wildman–Crippen LogP) is -1.63. The number of nitrogens with one attached hydrogen (secondary N) is 4. The van der Waals surface area contributed by atoms with Gasteiger partial charge in [0.2, 0.25) is 23.6 Å². The molecule has 0 aliphatic heterocycles. The molecule has 0 radical (unpaired) electrons. The summed E-state index contributed by atoms with van der Waals surface area (Å²) in [6.45, 7) is 8.02. The molecule has 0 aromatic carbocycles. The number of hydrogen-bond acceptors (Lipinski definition) is 8. The molecule has 0 aliphatic carbocycles. The molecular weight excluding hydrogens is 466 g/mol. The van der Waals surface area contributed by atoms with Crippen molar-refractivity contribution in [3.63, 3.8) is 0 Å². The number of aliphatic hydroxyl groups excluding tert-OH is 1. The lowest BCUT2D eigenvalue weighted by atomic mass is 10.0. The van der Waals surface area contributed by atoms with E-state index < -0.39 is 66.4 Å². The van der Waals surface area contributed by atoms with E-state index in [4.69, 9.17) is 5.73 Å². The van der Waals surface area contributed by atoms with Crippen LogP contribution in [0.25, 0.3) is 0 Å². The van der Waals surface area contributed by atoms with Gasteiger partial charge in [-0.2, -0.15) is 12.6 Å². The lowest BCUT2D eigenvalue weighted by molar-refractivity contribution is -0.143. The Kier molecular flexibility index (Phi) is 14.4. The summed E-state index contributed by atoms with van der Waals surface area (Å²) in [6.07, 6.45) is 0.597. The third-order valence-electron chi connectivity index (χ3n) is 4.77. The maximum atomic E-state index is 12.6. The quantitative estimate of drug-likeness (QED) is 0.121. The van der Waals surface area contributed by atoms with Gasteiger partial charge in [0, 0.05) is 5.75 Å². The van der Waals surface area contributed by atoms with E-state index in [2.05, 4.69) is 33.9 Å². The van der Waals surface area contributed by atoms with Crippen molar-refractivity contribution in [2.24, 2.45) is 17.6 Å². The molecule has 0 fully saturated rings. The smallest absolute Gasteiger partial charge is 0.326 e. The SMILES string of the molecule is CC(C)C[C@H](NC(=O)[C@H](CO)NC(=O)[C@H](CS)NC(=O)[C@H](C)NC(=O)[C@@H](N)CC(C)C)C(=O)O. The van der Waals surface area contributed by atoms with Crippen LogP contribution in [0.5, 0.6) is 0 Å². The highest BCUT2D eigenvalue weighted by atomic mass is 32.1. The largest absolute Gasteiger partial charge is 0.480 e. The number of carboxylic acid groups (broad SMARTS) is 1. The summed E-state index contributed by atoms with van der Waals surface area (Å²) < 4.78 is 0. The first kappa shape index (κ1) is 31.6. The van der Waals surface area contributed by atoms with Crippen molar-refractivity contribution in [2.75, 3.05) is 12.4 Å². The van der Waals surface area contributed by atoms with Crippen LogP contribution in [0.4, 0.5) is 0 Å². The van der Waals surface area contributed by atoms with Gasteiger partial charge in [-0.15, -0.1) is 0 Å². The van der Waals surface area contributed by atoms with E-state index in [1.807, 2.05) is 13.8 Å². The molecule has 0 aliphatic rings. The maximum absolute atomic E-state index is 12.6. The number of thiol groups is 1. The van der Waals surface area contributed by atoms with Crippen molar-refractivity contribution in [2.45, 2.75) is 77.7 Å². The van der Waals surface area contributed by atoms with E-state index in [-0.39, 0.29) is 24.0 Å². The van der Waals surface area contributed by atoms with Crippen LogP contribution >= 0.6 is 12.6 Å². The summed E-state index contributed by atoms with van der Waals surface area (Å²) in [5.74, 6) is -4.09. The van der Waals surface area contributed by atoms with Gasteiger partial charge < -0.3 is 37.2 Å². The second-order valence-corrected chi connectivity index (χ2v) is 9.35. The van der Waals surface area contributed by atoms with E-state index in [9.17, 15) is 34.2 Å². The average molecular weight is 506 g/mol. The number of carboxylic acids is 1. The molecule has 0 heterocycles. The number of nitrogens with two attached hydrogens (primary N) is 1. The van der Waals surface area contributed by atoms with Crippen LogP contribution in [0.2, 0.25) is 0 Å². The van der Waals surface area contributed by atoms with Crippen LogP contribution in [0, 0.1) is 11.8 Å². The Labute approximate surface area is 205 Å². The van der Waals surface area contributed by atoms with Gasteiger partial charge in [0.1, 0.15) is 24.2 Å². The molecule has 0 unspecified atom stereocenters. The molecule has 0 spiro atoms. The molecule has 0 aromatic heterocycles. The van der Waals surface area contributed by atoms with Crippen molar-refractivity contribution < 1.29 is 34.2 Å². The molecule has 5 atom stereocenters. The first-order valence-corrected chi connectivity index (χ1v) is 11.8. The van der Waals surface area contributed by atoms with Crippen LogP contribution in [0.15, 0.2) is 0 Å². The van der Waals surface area contributed by atoms with Crippen molar-refractivity contribution in [1.82, 2.24) is 21.3 Å². The molecule has 0 aromatic rings. The highest BCUT2D eigenvalue weighted by Crippen LogP contribution is 2.06. The zero-order chi connectivity index (χ0) is 26.6. The lowest BCUT2D eigenvalue weighted by Crippen LogP contribution is -2.59. The van der Waals surface area contributed by atoms with E-state index >= 15 is 0 Å². The first-order chi connectivity index (χ1) is 15.7. The highest BCUT2D eigenvalue weighted by Gasteiger charge is 2.30. The van der Waals surface area contributed by atoms with Crippen LogP contribution in [0.3, 0.4) is 0 Å². The van der Waals surface area contributed by atoms with Gasteiger partial charge in [-0.25, -0.2) is 4.79 Å². The average Bonchev–Trinajstić information content (AvgIpc) is 2.73. The van der Waals surface area contributed by atoms with Crippen LogP contribution in [-0.2, 0) is 24.0 Å². The molecular formula is C21H39N5O7S. The fourth-order valence-corrected chi connectivity index (χ4v) is 3.18. The normalized spacial score (nSPS) is 15.6. The molecule has 12 nitrogen and oxygen atoms in total. The minimum Gasteiger partial charge on any atom is -0.480 e. The Balaban J connectivity index is 5.03. The Morgan fingerprint density at radius 2 is 1.21 bits per heavy atom. The van der Waals surface area contributed by atoms with Crippen molar-refractivity contribution in [3.05, 3.63) is 0 Å². The molecule has 0 rings (SSSR count). The molecule has 8 N–H and O–H groups in total. The summed E-state index contributed by atoms with van der Waals surface area (Å²) in [6, 6.07) is -5.59. The highest BCUT2D eigenvalue weighted by molar-refractivity contribution is 7.80. The molecule has 0 saturated heterocycles. The van der Waals surface area contributed by atoms with Crippen molar-refractivity contribution >= 4 is 42.2 Å². The van der Waals surface area contributed by atoms with Crippen molar-refractivity contribution in [1.29, 1.82) is 0 Å². The van der Waals surface area contributed by atoms with Crippen molar-refractivity contribution in [3.8, 4) is 0 Å². The fraction of sp³-hybridized carbons (Fsp3) is 0.762. The number of hydrogen-bond donors (Lipinski definition) is 8. The van der Waals surface area contributed by atoms with Gasteiger partial charge in [0.25, 0.3) is 0 Å². The van der Waals surface area contributed by atoms with Crippen LogP contribution < -0.4 is 27.0 Å². The summed E-state index contributed by atoms with van der Waals surface area (Å²) in [4.78, 5) is 60.9. The number of aliphatic carboxylic acids is 1. The van der Waals surface area contributed by atoms with Crippen LogP contribution in [0.1, 0.15) is 47.5 Å². The van der Waals surface area contributed by atoms with Gasteiger partial charge in [-0.3, -0.25) is 19.2 Å². The van der Waals surface area contributed by atoms with Gasteiger partial charge >= 0.3 is 5.97 Å². The molecule has 13 heteroatoms. The van der Waals surface area contributed by atoms with Gasteiger partial charge in [-0.1, -0.05) is 27.7 Å². The standard InChI is InChI=1S/C21H39N5O7S/c1-10(2)6-13(22)18(29)23-12(5)17(28)26-16(9-34)20(31)25-15(8-27)19(30)24-14(21(32)33)7-11(3)4/h10-16,27,34H,6-9,22H2,1-5H3,(H,23,29)(H,24,30)(H,25,31)(H,26,28)(H,32,33)/t12-,13-,14-,15-,16-/m0/s1. The van der Waals surface area contributed by atoms with Gasteiger partial charge in [-0.05, 0) is 31.6 Å². The molecule has 196 valence electrons. The Hall–Kier alpha value is -2.38. The van der Waals surface area contributed by atoms with E-state index in [0.717, 1.165) is 0 Å². The summed E-state index contributed by atoms with van der Waals surface area (Å²) in [5, 5.41) is 28.2.